The van der Waals surface area contributed by atoms with Gasteiger partial charge in [0, 0.05) is 9.35 Å². The second kappa shape index (κ2) is 6.57. The van der Waals surface area contributed by atoms with E-state index in [1.165, 1.54) is 15.1 Å². The number of rotatable bonds is 2. The third kappa shape index (κ3) is 3.25. The Morgan fingerprint density at radius 1 is 1.27 bits per heavy atom. The van der Waals surface area contributed by atoms with Crippen LogP contribution in [0.3, 0.4) is 0 Å². The summed E-state index contributed by atoms with van der Waals surface area (Å²) in [6.45, 7) is 7.37. The molecule has 0 radical (unpaired) electrons. The molecule has 1 unspecified atom stereocenters. The van der Waals surface area contributed by atoms with Crippen LogP contribution in [0, 0.1) is 11.3 Å². The molecule has 1 aliphatic rings. The SMILES string of the molecule is CC(C)(C)C1CCc2c(sc3nnn(Cc4ccc(Br)cc4)c(=O)c23)C1. The summed E-state index contributed by atoms with van der Waals surface area (Å²) in [5.74, 6) is 0.654. The van der Waals surface area contributed by atoms with Crippen LogP contribution in [0.1, 0.15) is 43.2 Å². The molecular weight excluding hydrogens is 410 g/mol. The van der Waals surface area contributed by atoms with Gasteiger partial charge in [-0.3, -0.25) is 4.79 Å². The van der Waals surface area contributed by atoms with E-state index in [9.17, 15) is 4.79 Å². The fraction of sp³-hybridized carbons (Fsp3) is 0.450. The Kier molecular flexibility index (Phi) is 4.51. The van der Waals surface area contributed by atoms with Crippen LogP contribution in [0.15, 0.2) is 33.5 Å². The molecule has 2 heterocycles. The average Bonchev–Trinajstić information content (AvgIpc) is 2.97. The largest absolute Gasteiger partial charge is 0.279 e. The summed E-state index contributed by atoms with van der Waals surface area (Å²) in [6.07, 6.45) is 3.15. The fourth-order valence-electron chi connectivity index (χ4n) is 3.73. The molecule has 0 N–H and O–H groups in total. The van der Waals surface area contributed by atoms with Crippen LogP contribution >= 0.6 is 27.3 Å². The van der Waals surface area contributed by atoms with Crippen molar-refractivity contribution in [3.05, 3.63) is 55.1 Å². The Labute approximate surface area is 165 Å². The number of thiophene rings is 1. The fourth-order valence-corrected chi connectivity index (χ4v) is 5.23. The Hall–Kier alpha value is -1.53. The molecule has 0 spiro atoms. The van der Waals surface area contributed by atoms with Crippen LogP contribution in [0.25, 0.3) is 10.2 Å². The normalized spacial score (nSPS) is 17.5. The van der Waals surface area contributed by atoms with Gasteiger partial charge in [0.2, 0.25) is 0 Å². The lowest BCUT2D eigenvalue weighted by Gasteiger charge is -2.33. The highest BCUT2D eigenvalue weighted by molar-refractivity contribution is 9.10. The van der Waals surface area contributed by atoms with E-state index in [4.69, 9.17) is 0 Å². The Morgan fingerprint density at radius 3 is 2.69 bits per heavy atom. The standard InChI is InChI=1S/C20H22BrN3OS/c1-20(2,3)13-6-9-15-16(10-13)26-18-17(15)19(25)24(23-22-18)11-12-4-7-14(21)8-5-12/h4-5,7-8,13H,6,9-11H2,1-3H3. The van der Waals surface area contributed by atoms with Crippen LogP contribution in [0.5, 0.6) is 0 Å². The van der Waals surface area contributed by atoms with Gasteiger partial charge in [-0.2, -0.15) is 0 Å². The molecule has 4 rings (SSSR count). The van der Waals surface area contributed by atoms with Crippen molar-refractivity contribution in [2.24, 2.45) is 11.3 Å². The maximum absolute atomic E-state index is 13.1. The van der Waals surface area contributed by atoms with Gasteiger partial charge in [-0.1, -0.05) is 54.0 Å². The van der Waals surface area contributed by atoms with Crippen molar-refractivity contribution in [3.63, 3.8) is 0 Å². The number of nitrogens with zero attached hydrogens (tertiary/aromatic N) is 3. The zero-order chi connectivity index (χ0) is 18.5. The first-order chi connectivity index (χ1) is 12.3. The quantitative estimate of drug-likeness (QED) is 0.584. The maximum atomic E-state index is 13.1. The van der Waals surface area contributed by atoms with E-state index in [1.54, 1.807) is 11.3 Å². The van der Waals surface area contributed by atoms with E-state index in [0.717, 1.165) is 39.5 Å². The summed E-state index contributed by atoms with van der Waals surface area (Å²) < 4.78 is 2.52. The van der Waals surface area contributed by atoms with Gasteiger partial charge in [0.1, 0.15) is 0 Å². The number of aryl methyl sites for hydroxylation is 1. The molecule has 136 valence electrons. The van der Waals surface area contributed by atoms with Crippen LogP contribution < -0.4 is 5.56 Å². The molecule has 0 fully saturated rings. The number of benzene rings is 1. The van der Waals surface area contributed by atoms with E-state index in [2.05, 4.69) is 47.0 Å². The predicted octanol–water partition coefficient (Wildman–Crippen LogP) is 4.81. The zero-order valence-corrected chi connectivity index (χ0v) is 17.7. The van der Waals surface area contributed by atoms with E-state index in [-0.39, 0.29) is 5.56 Å². The predicted molar refractivity (Wildman–Crippen MR) is 110 cm³/mol. The van der Waals surface area contributed by atoms with Crippen LogP contribution in [0.4, 0.5) is 0 Å². The number of fused-ring (bicyclic) bond motifs is 3. The lowest BCUT2D eigenvalue weighted by Crippen LogP contribution is -2.28. The van der Waals surface area contributed by atoms with E-state index in [0.29, 0.717) is 17.9 Å². The molecule has 0 bridgehead atoms. The second-order valence-corrected chi connectivity index (χ2v) is 10.2. The van der Waals surface area contributed by atoms with Gasteiger partial charge in [-0.05, 0) is 53.9 Å². The molecule has 1 aromatic carbocycles. The first-order valence-electron chi connectivity index (χ1n) is 8.95. The van der Waals surface area contributed by atoms with Crippen molar-refractivity contribution >= 4 is 37.5 Å². The summed E-state index contributed by atoms with van der Waals surface area (Å²) >= 11 is 5.09. The monoisotopic (exact) mass is 431 g/mol. The minimum absolute atomic E-state index is 0.00960. The van der Waals surface area contributed by atoms with Crippen LogP contribution in [0.2, 0.25) is 0 Å². The van der Waals surface area contributed by atoms with Gasteiger partial charge in [0.15, 0.2) is 4.83 Å². The van der Waals surface area contributed by atoms with Crippen molar-refractivity contribution < 1.29 is 0 Å². The molecule has 4 nitrogen and oxygen atoms in total. The lowest BCUT2D eigenvalue weighted by atomic mass is 9.72. The average molecular weight is 432 g/mol. The highest BCUT2D eigenvalue weighted by atomic mass is 79.9. The van der Waals surface area contributed by atoms with Crippen molar-refractivity contribution in [2.75, 3.05) is 0 Å². The van der Waals surface area contributed by atoms with Gasteiger partial charge in [0.05, 0.1) is 11.9 Å². The minimum Gasteiger partial charge on any atom is -0.267 e. The highest BCUT2D eigenvalue weighted by Gasteiger charge is 2.31. The zero-order valence-electron chi connectivity index (χ0n) is 15.3. The molecule has 3 aromatic rings. The summed E-state index contributed by atoms with van der Waals surface area (Å²) in [5, 5.41) is 9.35. The third-order valence-electron chi connectivity index (χ3n) is 5.41. The van der Waals surface area contributed by atoms with Gasteiger partial charge in [-0.25, -0.2) is 4.68 Å². The minimum atomic E-state index is -0.00960. The van der Waals surface area contributed by atoms with E-state index >= 15 is 0 Å². The molecule has 0 amide bonds. The molecule has 1 aliphatic carbocycles. The molecule has 2 aromatic heterocycles. The van der Waals surface area contributed by atoms with E-state index in [1.807, 2.05) is 24.3 Å². The Balaban J connectivity index is 1.72. The van der Waals surface area contributed by atoms with Crippen molar-refractivity contribution in [1.82, 2.24) is 15.0 Å². The Morgan fingerprint density at radius 2 is 2.00 bits per heavy atom. The van der Waals surface area contributed by atoms with Gasteiger partial charge in [0.25, 0.3) is 5.56 Å². The van der Waals surface area contributed by atoms with Crippen molar-refractivity contribution in [1.29, 1.82) is 0 Å². The molecular formula is C20H22BrN3OS. The van der Waals surface area contributed by atoms with Crippen LogP contribution in [-0.4, -0.2) is 15.0 Å². The Bertz CT molecular complexity index is 1010. The van der Waals surface area contributed by atoms with Gasteiger partial charge in [-0.15, -0.1) is 16.4 Å². The second-order valence-electron chi connectivity index (χ2n) is 8.17. The summed E-state index contributed by atoms with van der Waals surface area (Å²) in [5.41, 5.74) is 2.54. The van der Waals surface area contributed by atoms with Gasteiger partial charge < -0.3 is 0 Å². The van der Waals surface area contributed by atoms with Crippen LogP contribution in [-0.2, 0) is 19.4 Å². The topological polar surface area (TPSA) is 47.8 Å². The first kappa shape index (κ1) is 17.9. The smallest absolute Gasteiger partial charge is 0.267 e. The molecule has 1 atom stereocenters. The number of aromatic nitrogens is 3. The lowest BCUT2D eigenvalue weighted by molar-refractivity contribution is 0.218. The molecule has 6 heteroatoms. The molecule has 26 heavy (non-hydrogen) atoms. The van der Waals surface area contributed by atoms with Crippen molar-refractivity contribution in [3.8, 4) is 0 Å². The third-order valence-corrected chi connectivity index (χ3v) is 7.08. The van der Waals surface area contributed by atoms with Crippen molar-refractivity contribution in [2.45, 2.75) is 46.6 Å². The number of hydrogen-bond acceptors (Lipinski definition) is 4. The van der Waals surface area contributed by atoms with Gasteiger partial charge >= 0.3 is 0 Å². The summed E-state index contributed by atoms with van der Waals surface area (Å²) in [7, 11) is 0. The summed E-state index contributed by atoms with van der Waals surface area (Å²) in [4.78, 5) is 15.2. The molecule has 0 aliphatic heterocycles. The molecule has 0 saturated carbocycles. The molecule has 0 saturated heterocycles. The highest BCUT2D eigenvalue weighted by Crippen LogP contribution is 2.41. The number of hydrogen-bond donors (Lipinski definition) is 0. The maximum Gasteiger partial charge on any atom is 0.279 e. The summed E-state index contributed by atoms with van der Waals surface area (Å²) in [6, 6.07) is 7.95. The van der Waals surface area contributed by atoms with E-state index < -0.39 is 0 Å². The number of halogens is 1. The first-order valence-corrected chi connectivity index (χ1v) is 10.6.